The van der Waals surface area contributed by atoms with Gasteiger partial charge in [0.05, 0.1) is 11.7 Å². The number of β-amino-alcohol motifs (C(OH)–C–C–N with tert-alkyl or cyclic N) is 1. The molecule has 1 aliphatic heterocycles. The van der Waals surface area contributed by atoms with Crippen LogP contribution in [0.1, 0.15) is 23.7 Å². The van der Waals surface area contributed by atoms with Gasteiger partial charge in [-0.15, -0.1) is 12.6 Å². The van der Waals surface area contributed by atoms with Crippen LogP contribution in [0, 0.1) is 5.92 Å². The summed E-state index contributed by atoms with van der Waals surface area (Å²) in [5, 5.41) is 9.84. The minimum Gasteiger partial charge on any atom is -0.391 e. The second-order valence-corrected chi connectivity index (χ2v) is 6.14. The zero-order valence-corrected chi connectivity index (χ0v) is 12.6. The second kappa shape index (κ2) is 5.63. The molecule has 5 heteroatoms. The minimum absolute atomic E-state index is 0.0570. The van der Waals surface area contributed by atoms with Gasteiger partial charge in [0.15, 0.2) is 0 Å². The van der Waals surface area contributed by atoms with Gasteiger partial charge >= 0.3 is 0 Å². The molecule has 0 aliphatic carbocycles. The van der Waals surface area contributed by atoms with E-state index in [0.717, 1.165) is 10.9 Å². The van der Waals surface area contributed by atoms with E-state index in [1.54, 1.807) is 17.0 Å². The maximum Gasteiger partial charge on any atom is 0.255 e. The average Bonchev–Trinajstić information content (AvgIpc) is 2.32. The van der Waals surface area contributed by atoms with Gasteiger partial charge in [0, 0.05) is 22.5 Å². The van der Waals surface area contributed by atoms with E-state index in [1.165, 1.54) is 0 Å². The summed E-state index contributed by atoms with van der Waals surface area (Å²) in [4.78, 5) is 14.7. The Morgan fingerprint density at radius 2 is 2.28 bits per heavy atom. The highest BCUT2D eigenvalue weighted by Crippen LogP contribution is 2.24. The predicted molar refractivity (Wildman–Crippen MR) is 77.1 cm³/mol. The molecule has 2 unspecified atom stereocenters. The number of rotatable bonds is 1. The van der Waals surface area contributed by atoms with E-state index in [4.69, 9.17) is 0 Å². The minimum atomic E-state index is -0.429. The van der Waals surface area contributed by atoms with Crippen LogP contribution in [0.4, 0.5) is 0 Å². The highest BCUT2D eigenvalue weighted by atomic mass is 79.9. The Labute approximate surface area is 121 Å². The number of hydrogen-bond acceptors (Lipinski definition) is 3. The van der Waals surface area contributed by atoms with Crippen molar-refractivity contribution in [3.05, 3.63) is 28.2 Å². The molecule has 1 N–H and O–H groups in total. The third kappa shape index (κ3) is 2.90. The normalized spacial score (nSPS) is 24.1. The van der Waals surface area contributed by atoms with Crippen LogP contribution in [0.3, 0.4) is 0 Å². The molecule has 1 aromatic carbocycles. The number of hydrogen-bond donors (Lipinski definition) is 2. The van der Waals surface area contributed by atoms with Crippen molar-refractivity contribution in [1.29, 1.82) is 0 Å². The Bertz CT molecular complexity index is 466. The number of nitrogens with zero attached hydrogens (tertiary/aromatic N) is 1. The summed E-state index contributed by atoms with van der Waals surface area (Å²) in [6, 6.07) is 5.40. The lowest BCUT2D eigenvalue weighted by Gasteiger charge is -2.34. The van der Waals surface area contributed by atoms with E-state index in [0.29, 0.717) is 23.5 Å². The molecule has 1 heterocycles. The monoisotopic (exact) mass is 329 g/mol. The van der Waals surface area contributed by atoms with Gasteiger partial charge in [-0.25, -0.2) is 0 Å². The summed E-state index contributed by atoms with van der Waals surface area (Å²) < 4.78 is 0.899. The van der Waals surface area contributed by atoms with Crippen LogP contribution in [0.15, 0.2) is 27.6 Å². The summed E-state index contributed by atoms with van der Waals surface area (Å²) in [5.74, 6) is 0.202. The van der Waals surface area contributed by atoms with Crippen molar-refractivity contribution in [2.75, 3.05) is 13.1 Å². The Hall–Kier alpha value is -0.520. The summed E-state index contributed by atoms with van der Waals surface area (Å²) in [6.45, 7) is 3.11. The van der Waals surface area contributed by atoms with Gasteiger partial charge < -0.3 is 10.0 Å². The Balaban J connectivity index is 2.16. The fraction of sp³-hybridized carbons (Fsp3) is 0.462. The fourth-order valence-electron chi connectivity index (χ4n) is 2.09. The number of carbonyl (C=O) groups excluding carboxylic acids is 1. The average molecular weight is 330 g/mol. The number of amides is 1. The van der Waals surface area contributed by atoms with Crippen LogP contribution in [0.2, 0.25) is 0 Å². The van der Waals surface area contributed by atoms with Crippen LogP contribution in [0.25, 0.3) is 0 Å². The van der Waals surface area contributed by atoms with Gasteiger partial charge in [-0.1, -0.05) is 22.9 Å². The zero-order chi connectivity index (χ0) is 13.3. The molecule has 0 aromatic heterocycles. The highest BCUT2D eigenvalue weighted by Gasteiger charge is 2.28. The quantitative estimate of drug-likeness (QED) is 0.777. The first-order chi connectivity index (χ1) is 8.49. The molecule has 1 saturated heterocycles. The molecule has 0 bridgehead atoms. The van der Waals surface area contributed by atoms with Crippen molar-refractivity contribution in [2.24, 2.45) is 5.92 Å². The molecule has 0 spiro atoms. The molecule has 2 rings (SSSR count). The van der Waals surface area contributed by atoms with Crippen molar-refractivity contribution < 1.29 is 9.90 Å². The van der Waals surface area contributed by atoms with Gasteiger partial charge in [-0.2, -0.15) is 0 Å². The van der Waals surface area contributed by atoms with Gasteiger partial charge in [0.25, 0.3) is 5.91 Å². The maximum absolute atomic E-state index is 12.3. The van der Waals surface area contributed by atoms with Crippen LogP contribution in [-0.2, 0) is 0 Å². The number of benzene rings is 1. The number of aliphatic hydroxyl groups excluding tert-OH is 1. The summed E-state index contributed by atoms with van der Waals surface area (Å²) in [5.41, 5.74) is 0.586. The first kappa shape index (κ1) is 13.9. The smallest absolute Gasteiger partial charge is 0.255 e. The van der Waals surface area contributed by atoms with Crippen molar-refractivity contribution in [3.8, 4) is 0 Å². The van der Waals surface area contributed by atoms with Gasteiger partial charge in [0.1, 0.15) is 0 Å². The molecular formula is C13H16BrNO2S. The molecule has 2 atom stereocenters. The third-order valence-electron chi connectivity index (χ3n) is 3.40. The molecular weight excluding hydrogens is 314 g/mol. The molecule has 1 aromatic rings. The van der Waals surface area contributed by atoms with Crippen molar-refractivity contribution in [3.63, 3.8) is 0 Å². The van der Waals surface area contributed by atoms with Crippen molar-refractivity contribution in [2.45, 2.75) is 24.3 Å². The third-order valence-corrected chi connectivity index (χ3v) is 4.26. The van der Waals surface area contributed by atoms with E-state index in [9.17, 15) is 9.90 Å². The molecule has 18 heavy (non-hydrogen) atoms. The molecule has 3 nitrogen and oxygen atoms in total. The summed E-state index contributed by atoms with van der Waals surface area (Å²) in [7, 11) is 0. The first-order valence-corrected chi connectivity index (χ1v) is 7.19. The Morgan fingerprint density at radius 1 is 1.56 bits per heavy atom. The van der Waals surface area contributed by atoms with Gasteiger partial charge in [-0.05, 0) is 30.5 Å². The molecule has 0 radical (unpaired) electrons. The van der Waals surface area contributed by atoms with E-state index >= 15 is 0 Å². The van der Waals surface area contributed by atoms with E-state index in [-0.39, 0.29) is 11.8 Å². The number of halogens is 1. The number of piperidine rings is 1. The summed E-state index contributed by atoms with van der Waals surface area (Å²) in [6.07, 6.45) is 0.409. The van der Waals surface area contributed by atoms with Crippen LogP contribution < -0.4 is 0 Å². The number of likely N-dealkylation sites (tertiary alicyclic amines) is 1. The van der Waals surface area contributed by atoms with Crippen LogP contribution in [0.5, 0.6) is 0 Å². The molecule has 98 valence electrons. The zero-order valence-electron chi connectivity index (χ0n) is 10.1. The fourth-order valence-corrected chi connectivity index (χ4v) is 2.94. The number of aliphatic hydroxyl groups is 1. The van der Waals surface area contributed by atoms with Crippen molar-refractivity contribution in [1.82, 2.24) is 4.90 Å². The summed E-state index contributed by atoms with van der Waals surface area (Å²) >= 11 is 7.67. The van der Waals surface area contributed by atoms with Crippen molar-refractivity contribution >= 4 is 34.5 Å². The maximum atomic E-state index is 12.3. The van der Waals surface area contributed by atoms with Crippen LogP contribution in [-0.4, -0.2) is 35.1 Å². The number of thiol groups is 1. The van der Waals surface area contributed by atoms with Gasteiger partial charge in [-0.3, -0.25) is 4.79 Å². The number of carbonyl (C=O) groups is 1. The standard InChI is InChI=1S/C13H16BrNO2S/c1-8-4-5-15(7-11(8)16)13(17)10-3-2-9(14)6-12(10)18/h2-3,6,8,11,16,18H,4-5,7H2,1H3. The predicted octanol–water partition coefficient (Wildman–Crippen LogP) is 2.58. The second-order valence-electron chi connectivity index (χ2n) is 4.75. The largest absolute Gasteiger partial charge is 0.391 e. The first-order valence-electron chi connectivity index (χ1n) is 5.95. The topological polar surface area (TPSA) is 40.5 Å². The molecule has 1 fully saturated rings. The molecule has 1 aliphatic rings. The molecule has 1 amide bonds. The SMILES string of the molecule is CC1CCN(C(=O)c2ccc(Br)cc2S)CC1O. The van der Waals surface area contributed by atoms with Crippen LogP contribution >= 0.6 is 28.6 Å². The Kier molecular flexibility index (Phi) is 4.35. The van der Waals surface area contributed by atoms with E-state index < -0.39 is 6.10 Å². The Morgan fingerprint density at radius 3 is 2.89 bits per heavy atom. The lowest BCUT2D eigenvalue weighted by molar-refractivity contribution is 0.0246. The molecule has 0 saturated carbocycles. The lowest BCUT2D eigenvalue weighted by atomic mass is 9.95. The van der Waals surface area contributed by atoms with Gasteiger partial charge in [0.2, 0.25) is 0 Å². The highest BCUT2D eigenvalue weighted by molar-refractivity contribution is 9.10. The van der Waals surface area contributed by atoms with E-state index in [2.05, 4.69) is 28.6 Å². The van der Waals surface area contributed by atoms with E-state index in [1.807, 2.05) is 13.0 Å². The lowest BCUT2D eigenvalue weighted by Crippen LogP contribution is -2.45.